The lowest BCUT2D eigenvalue weighted by atomic mass is 10.0. The van der Waals surface area contributed by atoms with Gasteiger partial charge in [-0.2, -0.15) is 0 Å². The normalized spacial score (nSPS) is 19.9. The highest BCUT2D eigenvalue weighted by Gasteiger charge is 2.32. The van der Waals surface area contributed by atoms with Crippen molar-refractivity contribution in [3.8, 4) is 0 Å². The van der Waals surface area contributed by atoms with E-state index in [0.29, 0.717) is 12.5 Å². The number of benzene rings is 1. The minimum atomic E-state index is 0.0421. The molecule has 0 aromatic heterocycles. The van der Waals surface area contributed by atoms with Crippen LogP contribution in [-0.2, 0) is 4.79 Å². The monoisotopic (exact) mass is 246 g/mol. The van der Waals surface area contributed by atoms with Crippen molar-refractivity contribution < 1.29 is 4.79 Å². The summed E-state index contributed by atoms with van der Waals surface area (Å²) in [5.41, 5.74) is 3.72. The second-order valence-electron chi connectivity index (χ2n) is 5.58. The summed E-state index contributed by atoms with van der Waals surface area (Å²) < 4.78 is 0. The molecule has 3 nitrogen and oxygen atoms in total. The quantitative estimate of drug-likeness (QED) is 0.888. The number of hydrogen-bond acceptors (Lipinski definition) is 2. The van der Waals surface area contributed by atoms with E-state index in [0.717, 1.165) is 6.54 Å². The number of carbonyl (C=O) groups excluding carboxylic acids is 1. The van der Waals surface area contributed by atoms with Gasteiger partial charge >= 0.3 is 0 Å². The van der Waals surface area contributed by atoms with Crippen LogP contribution in [0.2, 0.25) is 0 Å². The van der Waals surface area contributed by atoms with Crippen LogP contribution in [0, 0.1) is 19.8 Å². The Hall–Kier alpha value is -1.35. The van der Waals surface area contributed by atoms with Crippen LogP contribution in [0.4, 0.5) is 0 Å². The number of hydrogen-bond donors (Lipinski definition) is 1. The van der Waals surface area contributed by atoms with E-state index in [-0.39, 0.29) is 12.1 Å². The lowest BCUT2D eigenvalue weighted by Crippen LogP contribution is -2.33. The fraction of sp³-hybridized carbons (Fsp3) is 0.533. The number of nitrogens with one attached hydrogen (secondary N) is 1. The van der Waals surface area contributed by atoms with Crippen molar-refractivity contribution in [2.75, 3.05) is 13.1 Å². The van der Waals surface area contributed by atoms with Crippen LogP contribution in [0.15, 0.2) is 18.2 Å². The average Bonchev–Trinajstić information content (AvgIpc) is 2.60. The van der Waals surface area contributed by atoms with E-state index in [1.54, 1.807) is 0 Å². The summed E-state index contributed by atoms with van der Waals surface area (Å²) in [6.07, 6.45) is 0.0421. The smallest absolute Gasteiger partial charge is 0.238 e. The summed E-state index contributed by atoms with van der Waals surface area (Å²) in [5, 5.41) is 3.31. The Morgan fingerprint density at radius 1 is 1.39 bits per heavy atom. The molecule has 3 heteroatoms. The first-order valence-electron chi connectivity index (χ1n) is 6.59. The molecule has 0 aliphatic carbocycles. The maximum atomic E-state index is 11.9. The van der Waals surface area contributed by atoms with Crippen LogP contribution >= 0.6 is 0 Å². The summed E-state index contributed by atoms with van der Waals surface area (Å²) in [6, 6.07) is 6.42. The van der Waals surface area contributed by atoms with Crippen molar-refractivity contribution >= 4 is 5.91 Å². The Morgan fingerprint density at radius 2 is 2.11 bits per heavy atom. The molecule has 18 heavy (non-hydrogen) atoms. The van der Waals surface area contributed by atoms with E-state index in [1.165, 1.54) is 16.7 Å². The maximum Gasteiger partial charge on any atom is 0.238 e. The second kappa shape index (κ2) is 5.11. The third-order valence-electron chi connectivity index (χ3n) is 3.36. The molecule has 1 aromatic carbocycles. The number of nitrogens with zero attached hydrogens (tertiary/aromatic N) is 1. The van der Waals surface area contributed by atoms with Gasteiger partial charge in [-0.25, -0.2) is 0 Å². The summed E-state index contributed by atoms with van der Waals surface area (Å²) in [5.74, 6) is 0.691. The van der Waals surface area contributed by atoms with Gasteiger partial charge < -0.3 is 4.90 Å². The van der Waals surface area contributed by atoms with E-state index < -0.39 is 0 Å². The molecule has 2 rings (SSSR count). The van der Waals surface area contributed by atoms with Gasteiger partial charge in [0.25, 0.3) is 0 Å². The van der Waals surface area contributed by atoms with Crippen LogP contribution in [0.25, 0.3) is 0 Å². The third-order valence-corrected chi connectivity index (χ3v) is 3.36. The summed E-state index contributed by atoms with van der Waals surface area (Å²) in [7, 11) is 0. The fourth-order valence-corrected chi connectivity index (χ4v) is 2.55. The van der Waals surface area contributed by atoms with Crippen molar-refractivity contribution in [3.05, 3.63) is 34.9 Å². The Labute approximate surface area is 109 Å². The lowest BCUT2D eigenvalue weighted by Gasteiger charge is -2.27. The Morgan fingerprint density at radius 3 is 2.72 bits per heavy atom. The van der Waals surface area contributed by atoms with E-state index in [2.05, 4.69) is 51.2 Å². The highest BCUT2D eigenvalue weighted by atomic mass is 16.2. The standard InChI is InChI=1S/C15H22N2O/c1-10(2)9-17-14(18)8-16-15(17)13-6-5-11(3)7-12(13)4/h5-7,10,15-16H,8-9H2,1-4H3. The van der Waals surface area contributed by atoms with E-state index in [4.69, 9.17) is 0 Å². The number of amides is 1. The lowest BCUT2D eigenvalue weighted by molar-refractivity contribution is -0.128. The molecule has 1 saturated heterocycles. The van der Waals surface area contributed by atoms with Crippen LogP contribution in [0.1, 0.15) is 36.7 Å². The van der Waals surface area contributed by atoms with Gasteiger partial charge in [0.2, 0.25) is 5.91 Å². The predicted molar refractivity (Wildman–Crippen MR) is 73.2 cm³/mol. The zero-order chi connectivity index (χ0) is 13.3. The molecule has 1 aromatic rings. The third kappa shape index (κ3) is 2.56. The van der Waals surface area contributed by atoms with Gasteiger partial charge in [0, 0.05) is 6.54 Å². The molecule has 0 bridgehead atoms. The number of aryl methyl sites for hydroxylation is 2. The first kappa shape index (κ1) is 13.1. The summed E-state index contributed by atoms with van der Waals surface area (Å²) in [4.78, 5) is 13.9. The molecule has 0 spiro atoms. The van der Waals surface area contributed by atoms with Gasteiger partial charge in [-0.15, -0.1) is 0 Å². The second-order valence-corrected chi connectivity index (χ2v) is 5.58. The zero-order valence-corrected chi connectivity index (χ0v) is 11.7. The fourth-order valence-electron chi connectivity index (χ4n) is 2.55. The Kier molecular flexibility index (Phi) is 3.71. The number of carbonyl (C=O) groups is 1. The van der Waals surface area contributed by atoms with Crippen molar-refractivity contribution in [3.63, 3.8) is 0 Å². The maximum absolute atomic E-state index is 11.9. The first-order chi connectivity index (χ1) is 8.49. The molecular weight excluding hydrogens is 224 g/mol. The molecule has 98 valence electrons. The van der Waals surface area contributed by atoms with E-state index in [9.17, 15) is 4.79 Å². The molecule has 0 saturated carbocycles. The minimum absolute atomic E-state index is 0.0421. The van der Waals surface area contributed by atoms with Crippen LogP contribution < -0.4 is 5.32 Å². The SMILES string of the molecule is Cc1ccc(C2NCC(=O)N2CC(C)C)c(C)c1. The molecular formula is C15H22N2O. The first-order valence-corrected chi connectivity index (χ1v) is 6.59. The van der Waals surface area contributed by atoms with Gasteiger partial charge in [-0.1, -0.05) is 37.6 Å². The number of rotatable bonds is 3. The van der Waals surface area contributed by atoms with Crippen molar-refractivity contribution in [2.45, 2.75) is 33.9 Å². The van der Waals surface area contributed by atoms with Crippen molar-refractivity contribution in [2.24, 2.45) is 5.92 Å². The molecule has 1 aliphatic rings. The summed E-state index contributed by atoms with van der Waals surface area (Å²) in [6.45, 7) is 9.75. The summed E-state index contributed by atoms with van der Waals surface area (Å²) >= 11 is 0. The molecule has 1 heterocycles. The average molecular weight is 246 g/mol. The zero-order valence-electron chi connectivity index (χ0n) is 11.7. The largest absolute Gasteiger partial charge is 0.322 e. The highest BCUT2D eigenvalue weighted by molar-refractivity contribution is 5.81. The van der Waals surface area contributed by atoms with E-state index >= 15 is 0 Å². The van der Waals surface area contributed by atoms with Crippen LogP contribution in [0.3, 0.4) is 0 Å². The van der Waals surface area contributed by atoms with Gasteiger partial charge in [0.1, 0.15) is 6.17 Å². The van der Waals surface area contributed by atoms with Gasteiger partial charge in [-0.3, -0.25) is 10.1 Å². The van der Waals surface area contributed by atoms with Crippen molar-refractivity contribution in [1.82, 2.24) is 10.2 Å². The molecule has 1 aliphatic heterocycles. The van der Waals surface area contributed by atoms with Crippen LogP contribution in [-0.4, -0.2) is 23.9 Å². The Bertz CT molecular complexity index is 454. The molecule has 1 amide bonds. The molecule has 1 unspecified atom stereocenters. The topological polar surface area (TPSA) is 32.3 Å². The molecule has 1 atom stereocenters. The molecule has 1 fully saturated rings. The van der Waals surface area contributed by atoms with Gasteiger partial charge in [-0.05, 0) is 30.9 Å². The minimum Gasteiger partial charge on any atom is -0.322 e. The van der Waals surface area contributed by atoms with Gasteiger partial charge in [0.05, 0.1) is 6.54 Å². The molecule has 0 radical (unpaired) electrons. The highest BCUT2D eigenvalue weighted by Crippen LogP contribution is 2.26. The van der Waals surface area contributed by atoms with E-state index in [1.807, 2.05) is 4.90 Å². The molecule has 1 N–H and O–H groups in total. The Balaban J connectivity index is 2.28. The van der Waals surface area contributed by atoms with Crippen LogP contribution in [0.5, 0.6) is 0 Å². The van der Waals surface area contributed by atoms with Crippen molar-refractivity contribution in [1.29, 1.82) is 0 Å². The predicted octanol–water partition coefficient (Wildman–Crippen LogP) is 2.39. The van der Waals surface area contributed by atoms with Gasteiger partial charge in [0.15, 0.2) is 0 Å².